The van der Waals surface area contributed by atoms with Crippen molar-refractivity contribution >= 4 is 29.1 Å². The molecule has 1 aromatic rings. The Labute approximate surface area is 142 Å². The van der Waals surface area contributed by atoms with Crippen LogP contribution in [0.5, 0.6) is 0 Å². The molecular formula is C16H18ClF3N2O2. The zero-order chi connectivity index (χ0) is 17.9. The highest BCUT2D eigenvalue weighted by Gasteiger charge is 2.34. The van der Waals surface area contributed by atoms with Crippen molar-refractivity contribution in [3.63, 3.8) is 0 Å². The molecule has 0 spiro atoms. The molecule has 0 unspecified atom stereocenters. The Morgan fingerprint density at radius 3 is 2.42 bits per heavy atom. The fourth-order valence-electron chi connectivity index (χ4n) is 2.95. The summed E-state index contributed by atoms with van der Waals surface area (Å²) in [6, 6.07) is 2.42. The molecular weight excluding hydrogens is 345 g/mol. The van der Waals surface area contributed by atoms with Crippen molar-refractivity contribution in [2.45, 2.75) is 44.8 Å². The van der Waals surface area contributed by atoms with Crippen LogP contribution in [0.15, 0.2) is 18.2 Å². The molecule has 0 aromatic heterocycles. The van der Waals surface area contributed by atoms with Crippen LogP contribution in [0.1, 0.15) is 38.2 Å². The quantitative estimate of drug-likeness (QED) is 0.850. The molecule has 24 heavy (non-hydrogen) atoms. The van der Waals surface area contributed by atoms with Crippen LogP contribution in [-0.4, -0.2) is 17.9 Å². The molecule has 1 atom stereocenters. The van der Waals surface area contributed by atoms with Gasteiger partial charge < -0.3 is 10.6 Å². The minimum absolute atomic E-state index is 0.00919. The lowest BCUT2D eigenvalue weighted by molar-refractivity contribution is -0.137. The van der Waals surface area contributed by atoms with Gasteiger partial charge in [0.2, 0.25) is 11.8 Å². The van der Waals surface area contributed by atoms with Crippen LogP contribution >= 0.6 is 11.6 Å². The second-order valence-corrected chi connectivity index (χ2v) is 6.31. The van der Waals surface area contributed by atoms with E-state index in [0.29, 0.717) is 0 Å². The van der Waals surface area contributed by atoms with E-state index in [0.717, 1.165) is 37.8 Å². The first kappa shape index (κ1) is 18.6. The number of hydrogen-bond donors (Lipinski definition) is 2. The lowest BCUT2D eigenvalue weighted by atomic mass is 9.97. The van der Waals surface area contributed by atoms with Crippen molar-refractivity contribution in [1.82, 2.24) is 5.32 Å². The van der Waals surface area contributed by atoms with Crippen molar-refractivity contribution in [2.24, 2.45) is 5.92 Å². The van der Waals surface area contributed by atoms with Gasteiger partial charge in [-0.1, -0.05) is 24.4 Å². The molecule has 2 amide bonds. The Kier molecular flexibility index (Phi) is 5.74. The van der Waals surface area contributed by atoms with Crippen molar-refractivity contribution < 1.29 is 22.8 Å². The highest BCUT2D eigenvalue weighted by molar-refractivity contribution is 6.31. The average Bonchev–Trinajstić information content (AvgIpc) is 2.99. The first-order valence-electron chi connectivity index (χ1n) is 7.63. The van der Waals surface area contributed by atoms with Crippen molar-refractivity contribution in [2.75, 3.05) is 5.32 Å². The first-order valence-corrected chi connectivity index (χ1v) is 8.01. The smallest absolute Gasteiger partial charge is 0.344 e. The molecule has 8 heteroatoms. The summed E-state index contributed by atoms with van der Waals surface area (Å²) < 4.78 is 38.7. The van der Waals surface area contributed by atoms with Gasteiger partial charge in [-0.25, -0.2) is 0 Å². The van der Waals surface area contributed by atoms with Crippen molar-refractivity contribution in [1.29, 1.82) is 0 Å². The van der Waals surface area contributed by atoms with Gasteiger partial charge in [-0.3, -0.25) is 9.59 Å². The van der Waals surface area contributed by atoms with Gasteiger partial charge >= 0.3 is 6.18 Å². The lowest BCUT2D eigenvalue weighted by Gasteiger charge is -2.23. The Balaban J connectivity index is 2.18. The SMILES string of the molecule is CC(=O)N[C@@H](C(=O)Nc1ccc(Cl)c(C(F)(F)F)c1)C1CCCC1. The maximum Gasteiger partial charge on any atom is 0.417 e. The Hall–Kier alpha value is -1.76. The lowest BCUT2D eigenvalue weighted by Crippen LogP contribution is -2.47. The van der Waals surface area contributed by atoms with E-state index >= 15 is 0 Å². The monoisotopic (exact) mass is 362 g/mol. The minimum atomic E-state index is -4.61. The second kappa shape index (κ2) is 7.42. The number of amides is 2. The van der Waals surface area contributed by atoms with Gasteiger partial charge in [0, 0.05) is 12.6 Å². The summed E-state index contributed by atoms with van der Waals surface area (Å²) in [5, 5.41) is 4.62. The molecule has 0 radical (unpaired) electrons. The number of hydrogen-bond acceptors (Lipinski definition) is 2. The van der Waals surface area contributed by atoms with Gasteiger partial charge in [0.15, 0.2) is 0 Å². The van der Waals surface area contributed by atoms with Crippen LogP contribution in [0, 0.1) is 5.92 Å². The number of carbonyl (C=O) groups is 2. The summed E-state index contributed by atoms with van der Waals surface area (Å²) in [6.07, 6.45) is -1.08. The summed E-state index contributed by atoms with van der Waals surface area (Å²) >= 11 is 5.56. The fraction of sp³-hybridized carbons (Fsp3) is 0.500. The third-order valence-electron chi connectivity index (χ3n) is 4.05. The number of rotatable bonds is 4. The van der Waals surface area contributed by atoms with Gasteiger partial charge in [-0.05, 0) is 37.0 Å². The van der Waals surface area contributed by atoms with Gasteiger partial charge in [0.05, 0.1) is 10.6 Å². The molecule has 0 bridgehead atoms. The van der Waals surface area contributed by atoms with Crippen LogP contribution in [-0.2, 0) is 15.8 Å². The molecule has 0 aliphatic heterocycles. The van der Waals surface area contributed by atoms with Gasteiger partial charge in [-0.15, -0.1) is 0 Å². The van der Waals surface area contributed by atoms with E-state index in [1.54, 1.807) is 0 Å². The summed E-state index contributed by atoms with van der Waals surface area (Å²) in [6.45, 7) is 1.30. The molecule has 1 aliphatic carbocycles. The standard InChI is InChI=1S/C16H18ClF3N2O2/c1-9(23)21-14(10-4-2-3-5-10)15(24)22-11-6-7-13(17)12(8-11)16(18,19)20/h6-8,10,14H,2-5H2,1H3,(H,21,23)(H,22,24)/t14-/m1/s1. The number of benzene rings is 1. The molecule has 1 fully saturated rings. The van der Waals surface area contributed by atoms with E-state index in [2.05, 4.69) is 10.6 Å². The molecule has 1 aliphatic rings. The number of alkyl halides is 3. The van der Waals surface area contributed by atoms with Crippen LogP contribution < -0.4 is 10.6 Å². The molecule has 0 saturated heterocycles. The fourth-order valence-corrected chi connectivity index (χ4v) is 3.17. The minimum Gasteiger partial charge on any atom is -0.344 e. The van der Waals surface area contributed by atoms with Crippen LogP contribution in [0.3, 0.4) is 0 Å². The molecule has 4 nitrogen and oxygen atoms in total. The van der Waals surface area contributed by atoms with Gasteiger partial charge in [0.25, 0.3) is 0 Å². The van der Waals surface area contributed by atoms with Crippen LogP contribution in [0.25, 0.3) is 0 Å². The topological polar surface area (TPSA) is 58.2 Å². The molecule has 0 heterocycles. The highest BCUT2D eigenvalue weighted by Crippen LogP contribution is 2.36. The zero-order valence-electron chi connectivity index (χ0n) is 13.0. The van der Waals surface area contributed by atoms with Crippen molar-refractivity contribution in [3.05, 3.63) is 28.8 Å². The van der Waals surface area contributed by atoms with Crippen molar-refractivity contribution in [3.8, 4) is 0 Å². The molecule has 1 saturated carbocycles. The van der Waals surface area contributed by atoms with Gasteiger partial charge in [-0.2, -0.15) is 13.2 Å². The van der Waals surface area contributed by atoms with E-state index in [1.165, 1.54) is 13.0 Å². The van der Waals surface area contributed by atoms with Crippen LogP contribution in [0.2, 0.25) is 5.02 Å². The summed E-state index contributed by atoms with van der Waals surface area (Å²) in [5.74, 6) is -0.884. The number of anilines is 1. The predicted molar refractivity (Wildman–Crippen MR) is 84.6 cm³/mol. The van der Waals surface area contributed by atoms with E-state index in [9.17, 15) is 22.8 Å². The summed E-state index contributed by atoms with van der Waals surface area (Å²) in [7, 11) is 0. The average molecular weight is 363 g/mol. The molecule has 1 aromatic carbocycles. The Bertz CT molecular complexity index is 628. The Morgan fingerprint density at radius 2 is 1.88 bits per heavy atom. The van der Waals surface area contributed by atoms with E-state index in [-0.39, 0.29) is 17.5 Å². The summed E-state index contributed by atoms with van der Waals surface area (Å²) in [4.78, 5) is 23.8. The predicted octanol–water partition coefficient (Wildman–Crippen LogP) is 3.99. The van der Waals surface area contributed by atoms with Gasteiger partial charge in [0.1, 0.15) is 6.04 Å². The van der Waals surface area contributed by atoms with Crippen LogP contribution in [0.4, 0.5) is 18.9 Å². The third-order valence-corrected chi connectivity index (χ3v) is 4.38. The second-order valence-electron chi connectivity index (χ2n) is 5.90. The maximum absolute atomic E-state index is 12.9. The first-order chi connectivity index (χ1) is 11.2. The molecule has 132 valence electrons. The maximum atomic E-state index is 12.9. The van der Waals surface area contributed by atoms with E-state index in [4.69, 9.17) is 11.6 Å². The summed E-state index contributed by atoms with van der Waals surface area (Å²) in [5.41, 5.74) is -1.02. The molecule has 2 rings (SSSR count). The molecule has 2 N–H and O–H groups in total. The Morgan fingerprint density at radius 1 is 1.25 bits per heavy atom. The normalized spacial score (nSPS) is 16.7. The number of halogens is 4. The largest absolute Gasteiger partial charge is 0.417 e. The highest BCUT2D eigenvalue weighted by atomic mass is 35.5. The zero-order valence-corrected chi connectivity index (χ0v) is 13.8. The third kappa shape index (κ3) is 4.63. The number of carbonyl (C=O) groups excluding carboxylic acids is 2. The van der Waals surface area contributed by atoms with E-state index in [1.807, 2.05) is 0 Å². The van der Waals surface area contributed by atoms with E-state index < -0.39 is 28.7 Å². The number of nitrogens with one attached hydrogen (secondary N) is 2.